The highest BCUT2D eigenvalue weighted by atomic mass is 35.5. The molecule has 0 aliphatic heterocycles. The Labute approximate surface area is 63.9 Å². The zero-order valence-electron chi connectivity index (χ0n) is 5.38. The first-order valence-corrected chi connectivity index (χ1v) is 3.26. The second-order valence-electron chi connectivity index (χ2n) is 1.72. The molecular formula is C6H9ClO3. The first-order valence-electron chi connectivity index (χ1n) is 2.88. The molecule has 58 valence electrons. The molecule has 0 aromatic rings. The molecule has 0 heterocycles. The van der Waals surface area contributed by atoms with Crippen molar-refractivity contribution in [2.24, 2.45) is 0 Å². The number of unbranched alkanes of at least 4 members (excludes halogenated alkanes) is 1. The second-order valence-corrected chi connectivity index (χ2v) is 2.13. The van der Waals surface area contributed by atoms with Crippen LogP contribution < -0.4 is 0 Å². The van der Waals surface area contributed by atoms with Gasteiger partial charge >= 0.3 is 5.97 Å². The summed E-state index contributed by atoms with van der Waals surface area (Å²) in [5.41, 5.74) is 0. The normalized spacial score (nSPS) is 11.6. The molecule has 0 rings (SSSR count). The van der Waals surface area contributed by atoms with Gasteiger partial charge in [0.15, 0.2) is 0 Å². The molecule has 10 heavy (non-hydrogen) atoms. The fourth-order valence-electron chi connectivity index (χ4n) is 0.407. The summed E-state index contributed by atoms with van der Waals surface area (Å²) in [6.45, 7) is 0.0558. The average Bonchev–Trinajstić information content (AvgIpc) is 1.88. The Kier molecular flexibility index (Phi) is 4.98. The van der Waals surface area contributed by atoms with Crippen LogP contribution in [0.25, 0.3) is 0 Å². The smallest absolute Gasteiger partial charge is 0.346 e. The minimum Gasteiger partial charge on any atom is -0.477 e. The van der Waals surface area contributed by atoms with Crippen LogP contribution in [0.3, 0.4) is 0 Å². The van der Waals surface area contributed by atoms with Gasteiger partial charge in [-0.3, -0.25) is 0 Å². The van der Waals surface area contributed by atoms with Gasteiger partial charge in [-0.2, -0.15) is 0 Å². The largest absolute Gasteiger partial charge is 0.477 e. The van der Waals surface area contributed by atoms with E-state index in [1.165, 1.54) is 6.08 Å². The molecule has 0 fully saturated rings. The standard InChI is InChI=1S/C6H9ClO3/c7-5(6(9)10)3-1-2-4-8/h3,8H,1-2,4H2,(H,9,10). The van der Waals surface area contributed by atoms with Crippen LogP contribution in [-0.4, -0.2) is 22.8 Å². The Morgan fingerprint density at radius 1 is 1.60 bits per heavy atom. The minimum atomic E-state index is -1.13. The highest BCUT2D eigenvalue weighted by Gasteiger charge is 1.99. The van der Waals surface area contributed by atoms with Crippen LogP contribution in [0.5, 0.6) is 0 Å². The maximum atomic E-state index is 10.0. The number of aliphatic hydroxyl groups is 1. The van der Waals surface area contributed by atoms with Gasteiger partial charge < -0.3 is 10.2 Å². The highest BCUT2D eigenvalue weighted by Crippen LogP contribution is 2.03. The SMILES string of the molecule is O=C(O)C(Cl)=CCCCO. The van der Waals surface area contributed by atoms with Crippen LogP contribution in [0, 0.1) is 0 Å². The first-order chi connectivity index (χ1) is 4.68. The number of aliphatic carboxylic acids is 1. The second kappa shape index (κ2) is 5.26. The molecule has 0 aromatic carbocycles. The highest BCUT2D eigenvalue weighted by molar-refractivity contribution is 6.40. The summed E-state index contributed by atoms with van der Waals surface area (Å²) in [4.78, 5) is 10.0. The molecule has 0 saturated heterocycles. The van der Waals surface area contributed by atoms with E-state index in [0.29, 0.717) is 12.8 Å². The Bertz CT molecular complexity index is 142. The van der Waals surface area contributed by atoms with Gasteiger partial charge in [-0.25, -0.2) is 4.79 Å². The van der Waals surface area contributed by atoms with E-state index in [4.69, 9.17) is 21.8 Å². The third-order valence-corrected chi connectivity index (χ3v) is 1.21. The van der Waals surface area contributed by atoms with Crippen molar-refractivity contribution in [2.75, 3.05) is 6.61 Å². The van der Waals surface area contributed by atoms with Gasteiger partial charge in [-0.15, -0.1) is 0 Å². The van der Waals surface area contributed by atoms with Crippen LogP contribution in [0.15, 0.2) is 11.1 Å². The number of carbonyl (C=O) groups is 1. The molecule has 0 aromatic heterocycles. The Morgan fingerprint density at radius 2 is 2.20 bits per heavy atom. The number of halogens is 1. The van der Waals surface area contributed by atoms with E-state index < -0.39 is 5.97 Å². The van der Waals surface area contributed by atoms with Crippen molar-refractivity contribution >= 4 is 17.6 Å². The van der Waals surface area contributed by atoms with Crippen molar-refractivity contribution in [1.82, 2.24) is 0 Å². The summed E-state index contributed by atoms with van der Waals surface area (Å²) in [5, 5.41) is 16.3. The van der Waals surface area contributed by atoms with E-state index in [1.807, 2.05) is 0 Å². The molecule has 0 spiro atoms. The quantitative estimate of drug-likeness (QED) is 0.481. The molecule has 3 nitrogen and oxygen atoms in total. The number of rotatable bonds is 4. The fraction of sp³-hybridized carbons (Fsp3) is 0.500. The van der Waals surface area contributed by atoms with Crippen molar-refractivity contribution in [3.05, 3.63) is 11.1 Å². The fourth-order valence-corrected chi connectivity index (χ4v) is 0.516. The Balaban J connectivity index is 3.58. The summed E-state index contributed by atoms with van der Waals surface area (Å²) in [7, 11) is 0. The summed E-state index contributed by atoms with van der Waals surface area (Å²) >= 11 is 5.23. The summed E-state index contributed by atoms with van der Waals surface area (Å²) in [6, 6.07) is 0. The van der Waals surface area contributed by atoms with Crippen LogP contribution in [0.4, 0.5) is 0 Å². The van der Waals surface area contributed by atoms with Gasteiger partial charge in [-0.05, 0) is 12.8 Å². The zero-order chi connectivity index (χ0) is 7.98. The van der Waals surface area contributed by atoms with Gasteiger partial charge in [0.25, 0.3) is 0 Å². The van der Waals surface area contributed by atoms with E-state index in [9.17, 15) is 4.79 Å². The third-order valence-electron chi connectivity index (χ3n) is 0.890. The zero-order valence-corrected chi connectivity index (χ0v) is 6.14. The monoisotopic (exact) mass is 164 g/mol. The predicted octanol–water partition coefficient (Wildman–Crippen LogP) is 0.966. The van der Waals surface area contributed by atoms with Crippen molar-refractivity contribution < 1.29 is 15.0 Å². The van der Waals surface area contributed by atoms with E-state index >= 15 is 0 Å². The van der Waals surface area contributed by atoms with Crippen molar-refractivity contribution in [3.8, 4) is 0 Å². The van der Waals surface area contributed by atoms with Gasteiger partial charge in [0, 0.05) is 6.61 Å². The number of hydrogen-bond donors (Lipinski definition) is 2. The van der Waals surface area contributed by atoms with Crippen LogP contribution in [0.2, 0.25) is 0 Å². The number of aliphatic hydroxyl groups excluding tert-OH is 1. The lowest BCUT2D eigenvalue weighted by atomic mass is 10.3. The van der Waals surface area contributed by atoms with Gasteiger partial charge in [0.05, 0.1) is 0 Å². The number of allylic oxidation sites excluding steroid dienone is 1. The molecule has 4 heteroatoms. The molecule has 0 bridgehead atoms. The molecule has 0 atom stereocenters. The van der Waals surface area contributed by atoms with Crippen molar-refractivity contribution in [1.29, 1.82) is 0 Å². The van der Waals surface area contributed by atoms with Crippen LogP contribution >= 0.6 is 11.6 Å². The Hall–Kier alpha value is -0.540. The summed E-state index contributed by atoms with van der Waals surface area (Å²) in [5.74, 6) is -1.13. The first kappa shape index (κ1) is 9.46. The van der Waals surface area contributed by atoms with Crippen molar-refractivity contribution in [2.45, 2.75) is 12.8 Å². The minimum absolute atomic E-state index is 0.0558. The van der Waals surface area contributed by atoms with Crippen LogP contribution in [0.1, 0.15) is 12.8 Å². The maximum Gasteiger partial charge on any atom is 0.346 e. The predicted molar refractivity (Wildman–Crippen MR) is 37.9 cm³/mol. The molecular weight excluding hydrogens is 156 g/mol. The summed E-state index contributed by atoms with van der Waals surface area (Å²) in [6.07, 6.45) is 2.42. The lowest BCUT2D eigenvalue weighted by Gasteiger charge is -1.89. The van der Waals surface area contributed by atoms with Gasteiger partial charge in [0.1, 0.15) is 5.03 Å². The average molecular weight is 165 g/mol. The van der Waals surface area contributed by atoms with Gasteiger partial charge in [-0.1, -0.05) is 17.7 Å². The lowest BCUT2D eigenvalue weighted by Crippen LogP contribution is -1.93. The molecule has 0 amide bonds. The number of hydrogen-bond acceptors (Lipinski definition) is 2. The number of carboxylic acids is 1. The molecule has 0 unspecified atom stereocenters. The van der Waals surface area contributed by atoms with Crippen LogP contribution in [-0.2, 0) is 4.79 Å². The molecule has 0 aliphatic carbocycles. The Morgan fingerprint density at radius 3 is 2.60 bits per heavy atom. The number of carboxylic acid groups (broad SMARTS) is 1. The van der Waals surface area contributed by atoms with Crippen molar-refractivity contribution in [3.63, 3.8) is 0 Å². The third kappa shape index (κ3) is 4.35. The molecule has 0 radical (unpaired) electrons. The lowest BCUT2D eigenvalue weighted by molar-refractivity contribution is -0.131. The maximum absolute atomic E-state index is 10.0. The topological polar surface area (TPSA) is 57.5 Å². The summed E-state index contributed by atoms with van der Waals surface area (Å²) < 4.78 is 0. The van der Waals surface area contributed by atoms with E-state index in [-0.39, 0.29) is 11.6 Å². The molecule has 0 aliphatic rings. The molecule has 2 N–H and O–H groups in total. The van der Waals surface area contributed by atoms with Gasteiger partial charge in [0.2, 0.25) is 0 Å². The van der Waals surface area contributed by atoms with E-state index in [1.54, 1.807) is 0 Å². The molecule has 0 saturated carbocycles. The van der Waals surface area contributed by atoms with E-state index in [0.717, 1.165) is 0 Å². The van der Waals surface area contributed by atoms with E-state index in [2.05, 4.69) is 0 Å².